The quantitative estimate of drug-likeness (QED) is 0.773. The van der Waals surface area contributed by atoms with Crippen LogP contribution in [0.25, 0.3) is 0 Å². The number of halogens is 2. The maximum atomic E-state index is 13.5. The molecule has 0 aliphatic carbocycles. The number of nitrogens with zero attached hydrogens (tertiary/aromatic N) is 3. The standard InChI is InChI=1S/C21H29F2N3O2/c1-15(2)24(3)19(27)13-25-10-8-21(14-25)7-4-9-26(20(21)28)12-16-5-6-17(22)18(23)11-16/h5-6,11,15H,4,7-10,12-14H2,1-3H3. The molecule has 1 unspecified atom stereocenters. The molecule has 2 amide bonds. The Morgan fingerprint density at radius 2 is 1.96 bits per heavy atom. The van der Waals surface area contributed by atoms with Crippen LogP contribution in [0.5, 0.6) is 0 Å². The summed E-state index contributed by atoms with van der Waals surface area (Å²) in [6, 6.07) is 3.93. The molecule has 1 aromatic rings. The van der Waals surface area contributed by atoms with Crippen molar-refractivity contribution in [2.75, 3.05) is 33.2 Å². The van der Waals surface area contributed by atoms with Gasteiger partial charge in [0.15, 0.2) is 11.6 Å². The highest BCUT2D eigenvalue weighted by molar-refractivity contribution is 5.84. The van der Waals surface area contributed by atoms with E-state index >= 15 is 0 Å². The molecular formula is C21H29F2N3O2. The third-order valence-corrected chi connectivity index (χ3v) is 6.14. The number of carbonyl (C=O) groups is 2. The fourth-order valence-corrected chi connectivity index (χ4v) is 4.22. The average molecular weight is 393 g/mol. The van der Waals surface area contributed by atoms with Crippen LogP contribution in [-0.4, -0.2) is 65.8 Å². The van der Waals surface area contributed by atoms with E-state index in [1.165, 1.54) is 6.07 Å². The van der Waals surface area contributed by atoms with Gasteiger partial charge in [-0.1, -0.05) is 6.07 Å². The van der Waals surface area contributed by atoms with E-state index in [1.807, 2.05) is 13.8 Å². The number of benzene rings is 1. The fourth-order valence-electron chi connectivity index (χ4n) is 4.22. The van der Waals surface area contributed by atoms with Gasteiger partial charge in [0, 0.05) is 32.7 Å². The van der Waals surface area contributed by atoms with Crippen molar-refractivity contribution >= 4 is 11.8 Å². The van der Waals surface area contributed by atoms with Crippen molar-refractivity contribution in [1.82, 2.24) is 14.7 Å². The van der Waals surface area contributed by atoms with Crippen molar-refractivity contribution in [3.63, 3.8) is 0 Å². The summed E-state index contributed by atoms with van der Waals surface area (Å²) in [5.74, 6) is -1.64. The van der Waals surface area contributed by atoms with E-state index in [1.54, 1.807) is 16.8 Å². The van der Waals surface area contributed by atoms with Gasteiger partial charge >= 0.3 is 0 Å². The number of amides is 2. The summed E-state index contributed by atoms with van der Waals surface area (Å²) >= 11 is 0. The number of rotatable bonds is 5. The molecule has 1 aromatic carbocycles. The van der Waals surface area contributed by atoms with E-state index in [0.717, 1.165) is 37.9 Å². The van der Waals surface area contributed by atoms with Crippen molar-refractivity contribution in [2.45, 2.75) is 45.7 Å². The van der Waals surface area contributed by atoms with E-state index in [0.29, 0.717) is 25.2 Å². The fraction of sp³-hybridized carbons (Fsp3) is 0.619. The first-order valence-corrected chi connectivity index (χ1v) is 9.93. The Bertz CT molecular complexity index is 755. The molecule has 1 atom stereocenters. The van der Waals surface area contributed by atoms with E-state index in [9.17, 15) is 18.4 Å². The monoisotopic (exact) mass is 393 g/mol. The third-order valence-electron chi connectivity index (χ3n) is 6.14. The molecule has 1 spiro atoms. The Balaban J connectivity index is 1.65. The Morgan fingerprint density at radius 3 is 2.64 bits per heavy atom. The number of hydrogen-bond donors (Lipinski definition) is 0. The summed E-state index contributed by atoms with van der Waals surface area (Å²) in [5.41, 5.74) is 0.126. The molecule has 7 heteroatoms. The summed E-state index contributed by atoms with van der Waals surface area (Å²) in [6.07, 6.45) is 2.42. The van der Waals surface area contributed by atoms with Crippen LogP contribution in [0, 0.1) is 17.0 Å². The van der Waals surface area contributed by atoms with Crippen LogP contribution < -0.4 is 0 Å². The van der Waals surface area contributed by atoms with Crippen LogP contribution >= 0.6 is 0 Å². The molecule has 2 aliphatic heterocycles. The van der Waals surface area contributed by atoms with Crippen molar-refractivity contribution < 1.29 is 18.4 Å². The second kappa shape index (κ2) is 8.15. The lowest BCUT2D eigenvalue weighted by molar-refractivity contribution is -0.146. The molecule has 2 saturated heterocycles. The van der Waals surface area contributed by atoms with E-state index in [2.05, 4.69) is 4.90 Å². The van der Waals surface area contributed by atoms with Crippen LogP contribution in [-0.2, 0) is 16.1 Å². The van der Waals surface area contributed by atoms with Gasteiger partial charge in [0.1, 0.15) is 0 Å². The van der Waals surface area contributed by atoms with Crippen LogP contribution in [0.15, 0.2) is 18.2 Å². The minimum absolute atomic E-state index is 0.0638. The summed E-state index contributed by atoms with van der Waals surface area (Å²) < 4.78 is 26.7. The average Bonchev–Trinajstić information content (AvgIpc) is 3.05. The second-order valence-electron chi connectivity index (χ2n) is 8.42. The molecular weight excluding hydrogens is 364 g/mol. The highest BCUT2D eigenvalue weighted by Gasteiger charge is 2.48. The van der Waals surface area contributed by atoms with Crippen molar-refractivity contribution in [1.29, 1.82) is 0 Å². The molecule has 5 nitrogen and oxygen atoms in total. The Labute approximate surface area is 165 Å². The largest absolute Gasteiger partial charge is 0.342 e. The number of hydrogen-bond acceptors (Lipinski definition) is 3. The van der Waals surface area contributed by atoms with Gasteiger partial charge in [0.2, 0.25) is 11.8 Å². The maximum Gasteiger partial charge on any atom is 0.236 e. The molecule has 2 fully saturated rings. The Morgan fingerprint density at radius 1 is 1.21 bits per heavy atom. The first-order valence-electron chi connectivity index (χ1n) is 9.93. The Hall–Kier alpha value is -2.02. The van der Waals surface area contributed by atoms with Crippen molar-refractivity contribution in [3.05, 3.63) is 35.4 Å². The van der Waals surface area contributed by atoms with Crippen LogP contribution in [0.2, 0.25) is 0 Å². The van der Waals surface area contributed by atoms with Crippen LogP contribution in [0.3, 0.4) is 0 Å². The predicted molar refractivity (Wildman–Crippen MR) is 102 cm³/mol. The summed E-state index contributed by atoms with van der Waals surface area (Å²) in [6.45, 7) is 6.49. The molecule has 2 aliphatic rings. The minimum atomic E-state index is -0.892. The SMILES string of the molecule is CC(C)N(C)C(=O)CN1CCC2(CCCN(Cc3ccc(F)c(F)c3)C2=O)C1. The smallest absolute Gasteiger partial charge is 0.236 e. The molecule has 0 bridgehead atoms. The van der Waals surface area contributed by atoms with Crippen molar-refractivity contribution in [2.24, 2.45) is 5.41 Å². The van der Waals surface area contributed by atoms with E-state index < -0.39 is 17.0 Å². The Kier molecular flexibility index (Phi) is 6.03. The lowest BCUT2D eigenvalue weighted by atomic mass is 9.78. The van der Waals surface area contributed by atoms with Gasteiger partial charge in [-0.25, -0.2) is 8.78 Å². The number of likely N-dealkylation sites (N-methyl/N-ethyl adjacent to an activating group) is 1. The number of carbonyl (C=O) groups excluding carboxylic acids is 2. The molecule has 28 heavy (non-hydrogen) atoms. The minimum Gasteiger partial charge on any atom is -0.342 e. The first-order chi connectivity index (χ1) is 13.2. The molecule has 0 saturated carbocycles. The summed E-state index contributed by atoms with van der Waals surface area (Å²) in [5, 5.41) is 0. The van der Waals surface area contributed by atoms with Crippen LogP contribution in [0.4, 0.5) is 8.78 Å². The third kappa shape index (κ3) is 4.19. The second-order valence-corrected chi connectivity index (χ2v) is 8.42. The molecule has 3 rings (SSSR count). The van der Waals surface area contributed by atoms with Crippen molar-refractivity contribution in [3.8, 4) is 0 Å². The normalized spacial score (nSPS) is 23.1. The van der Waals surface area contributed by atoms with Gasteiger partial charge in [0.05, 0.1) is 12.0 Å². The zero-order valence-electron chi connectivity index (χ0n) is 16.9. The summed E-state index contributed by atoms with van der Waals surface area (Å²) in [7, 11) is 1.80. The number of piperidine rings is 1. The number of likely N-dealkylation sites (tertiary alicyclic amines) is 2. The summed E-state index contributed by atoms with van der Waals surface area (Å²) in [4.78, 5) is 31.1. The molecule has 0 radical (unpaired) electrons. The highest BCUT2D eigenvalue weighted by Crippen LogP contribution is 2.40. The van der Waals surface area contributed by atoms with Crippen LogP contribution in [0.1, 0.15) is 38.7 Å². The zero-order valence-corrected chi connectivity index (χ0v) is 16.9. The van der Waals surface area contributed by atoms with E-state index in [-0.39, 0.29) is 24.4 Å². The maximum absolute atomic E-state index is 13.5. The lowest BCUT2D eigenvalue weighted by Gasteiger charge is -2.39. The highest BCUT2D eigenvalue weighted by atomic mass is 19.2. The van der Waals surface area contributed by atoms with Gasteiger partial charge in [0.25, 0.3) is 0 Å². The van der Waals surface area contributed by atoms with Gasteiger partial charge < -0.3 is 9.80 Å². The van der Waals surface area contributed by atoms with Gasteiger partial charge in [-0.05, 0) is 57.4 Å². The van der Waals surface area contributed by atoms with Gasteiger partial charge in [-0.3, -0.25) is 14.5 Å². The zero-order chi connectivity index (χ0) is 20.5. The first kappa shape index (κ1) is 20.7. The van der Waals surface area contributed by atoms with Gasteiger partial charge in [-0.2, -0.15) is 0 Å². The predicted octanol–water partition coefficient (Wildman–Crippen LogP) is 2.65. The molecule has 2 heterocycles. The lowest BCUT2D eigenvalue weighted by Crippen LogP contribution is -2.50. The molecule has 0 N–H and O–H groups in total. The van der Waals surface area contributed by atoms with Gasteiger partial charge in [-0.15, -0.1) is 0 Å². The molecule has 0 aromatic heterocycles. The van der Waals surface area contributed by atoms with E-state index in [4.69, 9.17) is 0 Å². The topological polar surface area (TPSA) is 43.9 Å². The molecule has 154 valence electrons.